The molecule has 0 saturated heterocycles. The Morgan fingerprint density at radius 1 is 0.958 bits per heavy atom. The zero-order chi connectivity index (χ0) is 16.8. The van der Waals surface area contributed by atoms with Gasteiger partial charge in [0.25, 0.3) is 0 Å². The molecule has 24 heavy (non-hydrogen) atoms. The van der Waals surface area contributed by atoms with Gasteiger partial charge in [-0.3, -0.25) is 0 Å². The Bertz CT molecular complexity index is 808. The first-order chi connectivity index (χ1) is 11.7. The molecule has 2 N–H and O–H groups in total. The van der Waals surface area contributed by atoms with Crippen molar-refractivity contribution in [2.75, 3.05) is 17.2 Å². The summed E-state index contributed by atoms with van der Waals surface area (Å²) < 4.78 is 14.6. The lowest BCUT2D eigenvalue weighted by molar-refractivity contribution is 0.610. The molecule has 0 aliphatic heterocycles. The molecular formula is C18H16BrFN4. The summed E-state index contributed by atoms with van der Waals surface area (Å²) in [6, 6.07) is 16.4. The van der Waals surface area contributed by atoms with Crippen LogP contribution in [-0.2, 0) is 6.42 Å². The molecular weight excluding hydrogens is 371 g/mol. The van der Waals surface area contributed by atoms with Gasteiger partial charge in [0.15, 0.2) is 0 Å². The van der Waals surface area contributed by atoms with E-state index in [2.05, 4.69) is 36.5 Å². The standard InChI is InChI=1S/C18H16BrFN4/c19-14-5-7-15(8-6-14)24-18-11-17(22-12-23-18)21-10-9-13-3-1-2-4-16(13)20/h1-8,11-12H,9-10H2,(H2,21,22,23,24). The Morgan fingerprint density at radius 3 is 2.50 bits per heavy atom. The molecule has 0 aliphatic carbocycles. The van der Waals surface area contributed by atoms with E-state index in [1.54, 1.807) is 12.1 Å². The van der Waals surface area contributed by atoms with E-state index in [9.17, 15) is 4.39 Å². The fourth-order valence-electron chi connectivity index (χ4n) is 2.23. The summed E-state index contributed by atoms with van der Waals surface area (Å²) in [5, 5.41) is 6.41. The van der Waals surface area contributed by atoms with Gasteiger partial charge in [-0.1, -0.05) is 34.1 Å². The minimum atomic E-state index is -0.181. The van der Waals surface area contributed by atoms with Crippen molar-refractivity contribution in [1.82, 2.24) is 9.97 Å². The monoisotopic (exact) mass is 386 g/mol. The summed E-state index contributed by atoms with van der Waals surface area (Å²) in [4.78, 5) is 8.39. The van der Waals surface area contributed by atoms with E-state index in [-0.39, 0.29) is 5.82 Å². The molecule has 0 amide bonds. The summed E-state index contributed by atoms with van der Waals surface area (Å²) in [6.45, 7) is 0.593. The molecule has 122 valence electrons. The molecule has 0 aliphatic rings. The van der Waals surface area contributed by atoms with Crippen molar-refractivity contribution >= 4 is 33.3 Å². The first-order valence-electron chi connectivity index (χ1n) is 7.52. The third-order valence-corrected chi connectivity index (χ3v) is 3.97. The smallest absolute Gasteiger partial charge is 0.135 e. The highest BCUT2D eigenvalue weighted by molar-refractivity contribution is 9.10. The normalized spacial score (nSPS) is 10.4. The van der Waals surface area contributed by atoms with Crippen LogP contribution in [0.25, 0.3) is 0 Å². The molecule has 0 saturated carbocycles. The number of rotatable bonds is 6. The van der Waals surface area contributed by atoms with E-state index in [1.165, 1.54) is 12.4 Å². The maximum Gasteiger partial charge on any atom is 0.135 e. The molecule has 4 nitrogen and oxygen atoms in total. The number of nitrogens with zero attached hydrogens (tertiary/aromatic N) is 2. The van der Waals surface area contributed by atoms with E-state index in [1.807, 2.05) is 36.4 Å². The maximum absolute atomic E-state index is 13.6. The fourth-order valence-corrected chi connectivity index (χ4v) is 2.49. The van der Waals surface area contributed by atoms with Gasteiger partial charge in [-0.25, -0.2) is 14.4 Å². The fraction of sp³-hybridized carbons (Fsp3) is 0.111. The van der Waals surface area contributed by atoms with E-state index in [0.717, 1.165) is 10.2 Å². The van der Waals surface area contributed by atoms with Gasteiger partial charge in [-0.05, 0) is 42.3 Å². The van der Waals surface area contributed by atoms with Gasteiger partial charge < -0.3 is 10.6 Å². The Labute approximate surface area is 148 Å². The highest BCUT2D eigenvalue weighted by Gasteiger charge is 2.02. The molecule has 0 atom stereocenters. The summed E-state index contributed by atoms with van der Waals surface area (Å²) in [5.74, 6) is 1.21. The molecule has 2 aromatic carbocycles. The summed E-state index contributed by atoms with van der Waals surface area (Å²) in [7, 11) is 0. The van der Waals surface area contributed by atoms with E-state index in [4.69, 9.17) is 0 Å². The van der Waals surface area contributed by atoms with Crippen molar-refractivity contribution < 1.29 is 4.39 Å². The highest BCUT2D eigenvalue weighted by atomic mass is 79.9. The second kappa shape index (κ2) is 7.88. The lowest BCUT2D eigenvalue weighted by Gasteiger charge is -2.09. The molecule has 0 unspecified atom stereocenters. The Balaban J connectivity index is 1.59. The van der Waals surface area contributed by atoms with Crippen molar-refractivity contribution in [3.8, 4) is 0 Å². The summed E-state index contributed by atoms with van der Waals surface area (Å²) in [5.41, 5.74) is 1.63. The van der Waals surface area contributed by atoms with Gasteiger partial charge in [0.05, 0.1) is 0 Å². The number of hydrogen-bond acceptors (Lipinski definition) is 4. The molecule has 0 radical (unpaired) electrons. The first kappa shape index (κ1) is 16.4. The largest absolute Gasteiger partial charge is 0.370 e. The zero-order valence-electron chi connectivity index (χ0n) is 12.8. The minimum absolute atomic E-state index is 0.181. The third-order valence-electron chi connectivity index (χ3n) is 3.44. The predicted molar refractivity (Wildman–Crippen MR) is 98.1 cm³/mol. The van der Waals surface area contributed by atoms with E-state index in [0.29, 0.717) is 30.2 Å². The summed E-state index contributed by atoms with van der Waals surface area (Å²) >= 11 is 3.41. The summed E-state index contributed by atoms with van der Waals surface area (Å²) in [6.07, 6.45) is 2.08. The molecule has 3 rings (SSSR count). The van der Waals surface area contributed by atoms with Crippen LogP contribution >= 0.6 is 15.9 Å². The van der Waals surface area contributed by atoms with Crippen LogP contribution < -0.4 is 10.6 Å². The third kappa shape index (κ3) is 4.52. The van der Waals surface area contributed by atoms with Crippen LogP contribution in [0.4, 0.5) is 21.7 Å². The van der Waals surface area contributed by atoms with Gasteiger partial charge in [-0.15, -0.1) is 0 Å². The van der Waals surface area contributed by atoms with Crippen molar-refractivity contribution in [3.05, 3.63) is 76.8 Å². The Kier molecular flexibility index (Phi) is 5.38. The molecule has 0 spiro atoms. The number of benzene rings is 2. The van der Waals surface area contributed by atoms with Crippen LogP contribution in [0, 0.1) is 5.82 Å². The predicted octanol–water partition coefficient (Wildman–Crippen LogP) is 4.78. The van der Waals surface area contributed by atoms with Gasteiger partial charge in [0, 0.05) is 22.8 Å². The Hall–Kier alpha value is -2.47. The van der Waals surface area contributed by atoms with Crippen LogP contribution in [0.15, 0.2) is 65.4 Å². The van der Waals surface area contributed by atoms with E-state index < -0.39 is 0 Å². The quantitative estimate of drug-likeness (QED) is 0.640. The van der Waals surface area contributed by atoms with Crippen molar-refractivity contribution in [2.24, 2.45) is 0 Å². The minimum Gasteiger partial charge on any atom is -0.370 e. The number of nitrogens with one attached hydrogen (secondary N) is 2. The van der Waals surface area contributed by atoms with Gasteiger partial charge >= 0.3 is 0 Å². The molecule has 6 heteroatoms. The van der Waals surface area contributed by atoms with Crippen LogP contribution in [0.2, 0.25) is 0 Å². The topological polar surface area (TPSA) is 49.8 Å². The average molecular weight is 387 g/mol. The molecule has 3 aromatic rings. The lowest BCUT2D eigenvalue weighted by Crippen LogP contribution is -2.08. The van der Waals surface area contributed by atoms with Crippen LogP contribution in [0.5, 0.6) is 0 Å². The lowest BCUT2D eigenvalue weighted by atomic mass is 10.1. The highest BCUT2D eigenvalue weighted by Crippen LogP contribution is 2.19. The SMILES string of the molecule is Fc1ccccc1CCNc1cc(Nc2ccc(Br)cc2)ncn1. The Morgan fingerprint density at radius 2 is 1.71 bits per heavy atom. The molecule has 1 aromatic heterocycles. The van der Waals surface area contributed by atoms with Gasteiger partial charge in [0.2, 0.25) is 0 Å². The molecule has 0 bridgehead atoms. The van der Waals surface area contributed by atoms with Crippen molar-refractivity contribution in [2.45, 2.75) is 6.42 Å². The number of anilines is 3. The number of aromatic nitrogens is 2. The van der Waals surface area contributed by atoms with Crippen LogP contribution in [0.1, 0.15) is 5.56 Å². The molecule has 0 fully saturated rings. The number of halogens is 2. The van der Waals surface area contributed by atoms with Crippen molar-refractivity contribution in [3.63, 3.8) is 0 Å². The van der Waals surface area contributed by atoms with Crippen molar-refractivity contribution in [1.29, 1.82) is 0 Å². The number of hydrogen-bond donors (Lipinski definition) is 2. The van der Waals surface area contributed by atoms with E-state index >= 15 is 0 Å². The van der Waals surface area contributed by atoms with Crippen LogP contribution in [0.3, 0.4) is 0 Å². The van der Waals surface area contributed by atoms with Gasteiger partial charge in [-0.2, -0.15) is 0 Å². The maximum atomic E-state index is 13.6. The zero-order valence-corrected chi connectivity index (χ0v) is 14.4. The van der Waals surface area contributed by atoms with Crippen LogP contribution in [-0.4, -0.2) is 16.5 Å². The van der Waals surface area contributed by atoms with Gasteiger partial charge in [0.1, 0.15) is 23.8 Å². The second-order valence-corrected chi connectivity index (χ2v) is 6.10. The second-order valence-electron chi connectivity index (χ2n) is 5.19. The average Bonchev–Trinajstić information content (AvgIpc) is 2.59. The molecule has 1 heterocycles. The first-order valence-corrected chi connectivity index (χ1v) is 8.32.